The lowest BCUT2D eigenvalue weighted by Gasteiger charge is -2.49. The molecule has 34 heavy (non-hydrogen) atoms. The van der Waals surface area contributed by atoms with Crippen LogP contribution < -0.4 is 0 Å². The van der Waals surface area contributed by atoms with Crippen LogP contribution in [-0.4, -0.2) is 40.8 Å². The molecule has 0 aromatic heterocycles. The normalized spacial score (nSPS) is 39.0. The van der Waals surface area contributed by atoms with Gasteiger partial charge in [0, 0.05) is 18.3 Å². The first-order chi connectivity index (χ1) is 15.9. The van der Waals surface area contributed by atoms with Crippen LogP contribution in [0.3, 0.4) is 0 Å². The number of allylic oxidation sites excluding steroid dienone is 1. The highest BCUT2D eigenvalue weighted by Crippen LogP contribution is 2.59. The van der Waals surface area contributed by atoms with Gasteiger partial charge in [-0.2, -0.15) is 0 Å². The number of esters is 1. The number of Topliss-reactive ketones (excluding diaryl/α,β-unsaturated/α-hetero) is 1. The van der Waals surface area contributed by atoms with Crippen molar-refractivity contribution in [3.63, 3.8) is 0 Å². The number of hydrogen-bond donors (Lipinski definition) is 2. The van der Waals surface area contributed by atoms with Gasteiger partial charge in [0.25, 0.3) is 0 Å². The molecule has 3 rings (SSSR count). The van der Waals surface area contributed by atoms with Crippen LogP contribution in [0.4, 0.5) is 0 Å². The standard InChI is InChI=1S/C29H48O5/c1-18(2)8-7-9-19(3)23-10-11-24(28(23,5)14-15-34-20(4)30)22-17-26(32)25-16-21(31)12-13-29(25,6)27(22)33/h17-19,21,23-26,31-32H,7-16H2,1-6H3/t19-,21+,23-,24+,25-,26+,28-,29+/m1/s1. The molecule has 5 heteroatoms. The topological polar surface area (TPSA) is 83.8 Å². The lowest BCUT2D eigenvalue weighted by Crippen LogP contribution is -2.52. The highest BCUT2D eigenvalue weighted by atomic mass is 16.5. The van der Waals surface area contributed by atoms with Gasteiger partial charge in [0.1, 0.15) is 0 Å². The zero-order valence-electron chi connectivity index (χ0n) is 22.3. The van der Waals surface area contributed by atoms with E-state index < -0.39 is 17.6 Å². The van der Waals surface area contributed by atoms with Crippen molar-refractivity contribution >= 4 is 11.8 Å². The zero-order chi connectivity index (χ0) is 25.3. The van der Waals surface area contributed by atoms with Gasteiger partial charge in [0.2, 0.25) is 0 Å². The Morgan fingerprint density at radius 2 is 1.85 bits per heavy atom. The molecule has 8 atom stereocenters. The Balaban J connectivity index is 1.88. The molecule has 0 spiro atoms. The first-order valence-electron chi connectivity index (χ1n) is 13.7. The van der Waals surface area contributed by atoms with E-state index in [1.807, 2.05) is 13.0 Å². The van der Waals surface area contributed by atoms with Crippen LogP contribution >= 0.6 is 0 Å². The quantitative estimate of drug-likeness (QED) is 0.431. The molecule has 2 fully saturated rings. The molecule has 194 valence electrons. The van der Waals surface area contributed by atoms with E-state index in [-0.39, 0.29) is 29.0 Å². The zero-order valence-corrected chi connectivity index (χ0v) is 22.3. The minimum Gasteiger partial charge on any atom is -0.466 e. The van der Waals surface area contributed by atoms with Crippen molar-refractivity contribution in [3.05, 3.63) is 11.6 Å². The molecule has 0 aromatic carbocycles. The number of aliphatic hydroxyl groups is 2. The SMILES string of the molecule is CC(=O)OCC[C@]1(C)[C@@H]([C@H](C)CCCC(C)C)CC[C@H]1C1=C[C@H](O)[C@H]2C[C@@H](O)CC[C@]2(C)C1=O. The van der Waals surface area contributed by atoms with Crippen LogP contribution in [-0.2, 0) is 14.3 Å². The second kappa shape index (κ2) is 10.8. The summed E-state index contributed by atoms with van der Waals surface area (Å²) in [5, 5.41) is 21.3. The predicted molar refractivity (Wildman–Crippen MR) is 134 cm³/mol. The fourth-order valence-corrected chi connectivity index (χ4v) is 7.63. The molecule has 0 aliphatic heterocycles. The summed E-state index contributed by atoms with van der Waals surface area (Å²) >= 11 is 0. The van der Waals surface area contributed by atoms with Crippen LogP contribution in [0.2, 0.25) is 0 Å². The maximum absolute atomic E-state index is 14.0. The molecule has 3 aliphatic carbocycles. The van der Waals surface area contributed by atoms with Gasteiger partial charge in [-0.15, -0.1) is 0 Å². The van der Waals surface area contributed by atoms with E-state index in [9.17, 15) is 19.8 Å². The van der Waals surface area contributed by atoms with Gasteiger partial charge in [-0.1, -0.05) is 53.9 Å². The van der Waals surface area contributed by atoms with E-state index in [0.717, 1.165) is 24.8 Å². The third-order valence-electron chi connectivity index (χ3n) is 9.74. The van der Waals surface area contributed by atoms with Crippen molar-refractivity contribution in [1.29, 1.82) is 0 Å². The van der Waals surface area contributed by atoms with Crippen LogP contribution in [0.25, 0.3) is 0 Å². The van der Waals surface area contributed by atoms with Gasteiger partial charge in [-0.3, -0.25) is 9.59 Å². The number of carbonyl (C=O) groups is 2. The third kappa shape index (κ3) is 5.46. The summed E-state index contributed by atoms with van der Waals surface area (Å²) in [6.45, 7) is 13.0. The molecule has 0 amide bonds. The van der Waals surface area contributed by atoms with Gasteiger partial charge >= 0.3 is 5.97 Å². The Hall–Kier alpha value is -1.20. The minimum absolute atomic E-state index is 0.0624. The van der Waals surface area contributed by atoms with Gasteiger partial charge in [-0.05, 0) is 79.3 Å². The second-order valence-electron chi connectivity index (χ2n) is 12.5. The Bertz CT molecular complexity index is 772. The molecular weight excluding hydrogens is 428 g/mol. The summed E-state index contributed by atoms with van der Waals surface area (Å²) in [5.41, 5.74) is 0.0241. The lowest BCUT2D eigenvalue weighted by molar-refractivity contribution is -0.143. The maximum atomic E-state index is 14.0. The average Bonchev–Trinajstić information content (AvgIpc) is 3.08. The number of fused-ring (bicyclic) bond motifs is 1. The number of rotatable bonds is 9. The Labute approximate surface area is 206 Å². The molecule has 0 radical (unpaired) electrons. The van der Waals surface area contributed by atoms with Crippen LogP contribution in [0, 0.1) is 40.4 Å². The summed E-state index contributed by atoms with van der Waals surface area (Å²) in [5.74, 6) is 1.44. The molecule has 0 heterocycles. The predicted octanol–water partition coefficient (Wildman–Crippen LogP) is 5.47. The molecule has 0 bridgehead atoms. The first kappa shape index (κ1) is 27.4. The van der Waals surface area contributed by atoms with Crippen molar-refractivity contribution in [1.82, 2.24) is 0 Å². The van der Waals surface area contributed by atoms with Crippen LogP contribution in [0.5, 0.6) is 0 Å². The Morgan fingerprint density at radius 3 is 2.50 bits per heavy atom. The summed E-state index contributed by atoms with van der Waals surface area (Å²) in [6.07, 6.45) is 8.74. The molecule has 2 N–H and O–H groups in total. The number of aliphatic hydroxyl groups excluding tert-OH is 2. The number of ether oxygens (including phenoxy) is 1. The fraction of sp³-hybridized carbons (Fsp3) is 0.862. The van der Waals surface area contributed by atoms with E-state index in [1.54, 1.807) is 0 Å². The molecule has 2 saturated carbocycles. The van der Waals surface area contributed by atoms with E-state index >= 15 is 0 Å². The van der Waals surface area contributed by atoms with Crippen molar-refractivity contribution in [3.8, 4) is 0 Å². The van der Waals surface area contributed by atoms with Gasteiger partial charge in [0.05, 0.1) is 18.8 Å². The smallest absolute Gasteiger partial charge is 0.302 e. The molecule has 0 aromatic rings. The van der Waals surface area contributed by atoms with E-state index in [2.05, 4.69) is 27.7 Å². The maximum Gasteiger partial charge on any atom is 0.302 e. The van der Waals surface area contributed by atoms with E-state index in [0.29, 0.717) is 43.6 Å². The van der Waals surface area contributed by atoms with Crippen molar-refractivity contribution in [2.45, 2.75) is 112 Å². The van der Waals surface area contributed by atoms with Crippen LogP contribution in [0.15, 0.2) is 11.6 Å². The van der Waals surface area contributed by atoms with Gasteiger partial charge in [-0.25, -0.2) is 0 Å². The third-order valence-corrected chi connectivity index (χ3v) is 9.74. The molecule has 3 aliphatic rings. The highest BCUT2D eigenvalue weighted by molar-refractivity contribution is 6.01. The molecule has 0 saturated heterocycles. The molecule has 0 unspecified atom stereocenters. The van der Waals surface area contributed by atoms with Crippen molar-refractivity contribution in [2.75, 3.05) is 6.61 Å². The van der Waals surface area contributed by atoms with Crippen LogP contribution in [0.1, 0.15) is 99.3 Å². The van der Waals surface area contributed by atoms with Crippen molar-refractivity contribution < 1.29 is 24.5 Å². The fourth-order valence-electron chi connectivity index (χ4n) is 7.63. The summed E-state index contributed by atoms with van der Waals surface area (Å²) in [4.78, 5) is 25.5. The number of carbonyl (C=O) groups excluding carboxylic acids is 2. The lowest BCUT2D eigenvalue weighted by atomic mass is 9.55. The van der Waals surface area contributed by atoms with E-state index in [4.69, 9.17) is 4.74 Å². The van der Waals surface area contributed by atoms with Gasteiger partial charge < -0.3 is 14.9 Å². The van der Waals surface area contributed by atoms with Crippen molar-refractivity contribution in [2.24, 2.45) is 40.4 Å². The highest BCUT2D eigenvalue weighted by Gasteiger charge is 2.56. The number of hydrogen-bond acceptors (Lipinski definition) is 5. The Morgan fingerprint density at radius 1 is 1.15 bits per heavy atom. The summed E-state index contributed by atoms with van der Waals surface area (Å²) in [7, 11) is 0. The molecule has 5 nitrogen and oxygen atoms in total. The van der Waals surface area contributed by atoms with Gasteiger partial charge in [0.15, 0.2) is 5.78 Å². The van der Waals surface area contributed by atoms with E-state index in [1.165, 1.54) is 26.2 Å². The monoisotopic (exact) mass is 476 g/mol. The molecular formula is C29H48O5. The first-order valence-corrected chi connectivity index (χ1v) is 13.7. The largest absolute Gasteiger partial charge is 0.466 e. The second-order valence-corrected chi connectivity index (χ2v) is 12.5. The summed E-state index contributed by atoms with van der Waals surface area (Å²) in [6, 6.07) is 0. The Kier molecular flexibility index (Phi) is 8.72. The average molecular weight is 477 g/mol. The number of ketones is 1. The minimum atomic E-state index is -0.701. The summed E-state index contributed by atoms with van der Waals surface area (Å²) < 4.78 is 5.39.